The summed E-state index contributed by atoms with van der Waals surface area (Å²) in [4.78, 5) is 37.2. The van der Waals surface area contributed by atoms with Gasteiger partial charge in [0, 0.05) is 12.0 Å². The fourth-order valence-corrected chi connectivity index (χ4v) is 5.64. The van der Waals surface area contributed by atoms with Crippen LogP contribution in [0.4, 0.5) is 4.79 Å². The number of aliphatic carboxylic acids is 1. The first-order chi connectivity index (χ1) is 17.0. The second kappa shape index (κ2) is 10.1. The summed E-state index contributed by atoms with van der Waals surface area (Å²) in [6, 6.07) is 15.4. The maximum Gasteiger partial charge on any atom is 0.407 e. The van der Waals surface area contributed by atoms with Gasteiger partial charge in [-0.1, -0.05) is 61.4 Å². The maximum absolute atomic E-state index is 13.0. The zero-order valence-corrected chi connectivity index (χ0v) is 19.4. The first-order valence-electron chi connectivity index (χ1n) is 12.3. The summed E-state index contributed by atoms with van der Waals surface area (Å²) < 4.78 is 10.9. The summed E-state index contributed by atoms with van der Waals surface area (Å²) in [6.45, 7) is 0.482. The van der Waals surface area contributed by atoms with E-state index in [-0.39, 0.29) is 37.7 Å². The number of ether oxygens (including phenoxy) is 2. The number of nitrogens with one attached hydrogen (secondary N) is 2. The summed E-state index contributed by atoms with van der Waals surface area (Å²) in [7, 11) is 0. The van der Waals surface area contributed by atoms with E-state index in [1.807, 2.05) is 24.3 Å². The van der Waals surface area contributed by atoms with Gasteiger partial charge in [0.2, 0.25) is 5.91 Å². The van der Waals surface area contributed by atoms with E-state index in [1.54, 1.807) is 0 Å². The Labute approximate surface area is 204 Å². The number of fused-ring (bicyclic) bond motifs is 3. The van der Waals surface area contributed by atoms with Gasteiger partial charge in [-0.3, -0.25) is 9.59 Å². The molecule has 1 saturated heterocycles. The Balaban J connectivity index is 1.21. The van der Waals surface area contributed by atoms with Crippen molar-refractivity contribution in [2.75, 3.05) is 19.8 Å². The van der Waals surface area contributed by atoms with Gasteiger partial charge in [-0.2, -0.15) is 0 Å². The van der Waals surface area contributed by atoms with Gasteiger partial charge in [-0.25, -0.2) is 4.79 Å². The fourth-order valence-electron chi connectivity index (χ4n) is 5.64. The maximum atomic E-state index is 13.0. The monoisotopic (exact) mass is 478 g/mol. The lowest BCUT2D eigenvalue weighted by molar-refractivity contribution is -0.142. The molecule has 2 aromatic carbocycles. The summed E-state index contributed by atoms with van der Waals surface area (Å²) in [6.07, 6.45) is 2.55. The SMILES string of the molecule is O=C(N[C@H]1CCCC[C@H]1C(=O)NC1COCC1C(=O)O)OCC1c2ccccc2-c2ccccc21. The number of hydrogen-bond acceptors (Lipinski definition) is 5. The Morgan fingerprint density at radius 2 is 1.51 bits per heavy atom. The summed E-state index contributed by atoms with van der Waals surface area (Å²) in [5.74, 6) is -2.44. The molecule has 0 spiro atoms. The zero-order valence-electron chi connectivity index (χ0n) is 19.4. The van der Waals surface area contributed by atoms with Crippen molar-refractivity contribution in [2.24, 2.45) is 11.8 Å². The highest BCUT2D eigenvalue weighted by Crippen LogP contribution is 2.44. The van der Waals surface area contributed by atoms with Crippen molar-refractivity contribution in [2.45, 2.75) is 43.7 Å². The smallest absolute Gasteiger partial charge is 0.407 e. The lowest BCUT2D eigenvalue weighted by Crippen LogP contribution is -2.52. The molecule has 2 fully saturated rings. The fraction of sp³-hybridized carbons (Fsp3) is 0.444. The molecule has 0 aromatic heterocycles. The number of amides is 2. The van der Waals surface area contributed by atoms with E-state index in [0.29, 0.717) is 12.8 Å². The van der Waals surface area contributed by atoms with Gasteiger partial charge in [0.1, 0.15) is 12.5 Å². The van der Waals surface area contributed by atoms with Crippen LogP contribution >= 0.6 is 0 Å². The van der Waals surface area contributed by atoms with Crippen LogP contribution in [0.2, 0.25) is 0 Å². The molecule has 1 heterocycles. The third-order valence-corrected chi connectivity index (χ3v) is 7.48. The molecule has 4 atom stereocenters. The zero-order chi connectivity index (χ0) is 24.4. The van der Waals surface area contributed by atoms with Crippen molar-refractivity contribution in [1.82, 2.24) is 10.6 Å². The molecule has 2 aromatic rings. The minimum absolute atomic E-state index is 0.0334. The molecule has 1 saturated carbocycles. The van der Waals surface area contributed by atoms with Gasteiger partial charge in [0.15, 0.2) is 0 Å². The van der Waals surface area contributed by atoms with E-state index in [2.05, 4.69) is 34.9 Å². The van der Waals surface area contributed by atoms with Crippen LogP contribution in [0.3, 0.4) is 0 Å². The van der Waals surface area contributed by atoms with E-state index in [0.717, 1.165) is 35.1 Å². The van der Waals surface area contributed by atoms with Gasteiger partial charge in [0.05, 0.1) is 25.2 Å². The normalized spacial score (nSPS) is 25.4. The highest BCUT2D eigenvalue weighted by Gasteiger charge is 2.39. The number of alkyl carbamates (subject to hydrolysis) is 1. The second-order valence-electron chi connectivity index (χ2n) is 9.56. The lowest BCUT2D eigenvalue weighted by atomic mass is 9.83. The average Bonchev–Trinajstić information content (AvgIpc) is 3.46. The van der Waals surface area contributed by atoms with Crippen LogP contribution in [-0.4, -0.2) is 55.0 Å². The van der Waals surface area contributed by atoms with Gasteiger partial charge < -0.3 is 25.2 Å². The van der Waals surface area contributed by atoms with Crippen LogP contribution < -0.4 is 10.6 Å². The van der Waals surface area contributed by atoms with Crippen molar-refractivity contribution in [1.29, 1.82) is 0 Å². The molecule has 3 N–H and O–H groups in total. The first-order valence-corrected chi connectivity index (χ1v) is 12.3. The first kappa shape index (κ1) is 23.4. The number of carbonyl (C=O) groups excluding carboxylic acids is 2. The Hall–Kier alpha value is -3.39. The number of benzene rings is 2. The molecule has 2 amide bonds. The molecule has 35 heavy (non-hydrogen) atoms. The number of carboxylic acid groups (broad SMARTS) is 1. The van der Waals surface area contributed by atoms with Crippen LogP contribution in [0.5, 0.6) is 0 Å². The predicted octanol–water partition coefficient (Wildman–Crippen LogP) is 3.30. The molecule has 3 aliphatic rings. The highest BCUT2D eigenvalue weighted by molar-refractivity contribution is 5.82. The molecule has 8 heteroatoms. The third-order valence-electron chi connectivity index (χ3n) is 7.48. The van der Waals surface area contributed by atoms with Gasteiger partial charge >= 0.3 is 12.1 Å². The van der Waals surface area contributed by atoms with Crippen molar-refractivity contribution in [3.05, 3.63) is 59.7 Å². The molecule has 2 aliphatic carbocycles. The number of carboxylic acids is 1. The number of hydrogen-bond donors (Lipinski definition) is 3. The van der Waals surface area contributed by atoms with Crippen LogP contribution in [0.15, 0.2) is 48.5 Å². The van der Waals surface area contributed by atoms with E-state index >= 15 is 0 Å². The Morgan fingerprint density at radius 1 is 0.857 bits per heavy atom. The van der Waals surface area contributed by atoms with Gasteiger partial charge in [-0.15, -0.1) is 0 Å². The van der Waals surface area contributed by atoms with Crippen molar-refractivity contribution >= 4 is 18.0 Å². The highest BCUT2D eigenvalue weighted by atomic mass is 16.5. The molecule has 0 radical (unpaired) electrons. The summed E-state index contributed by atoms with van der Waals surface area (Å²) in [5, 5.41) is 15.1. The van der Waals surface area contributed by atoms with Crippen LogP contribution in [-0.2, 0) is 19.1 Å². The summed E-state index contributed by atoms with van der Waals surface area (Å²) >= 11 is 0. The molecule has 0 bridgehead atoms. The molecule has 184 valence electrons. The quantitative estimate of drug-likeness (QED) is 0.587. The predicted molar refractivity (Wildman–Crippen MR) is 128 cm³/mol. The van der Waals surface area contributed by atoms with E-state index < -0.39 is 29.9 Å². The molecule has 8 nitrogen and oxygen atoms in total. The second-order valence-corrected chi connectivity index (χ2v) is 9.56. The van der Waals surface area contributed by atoms with E-state index in [4.69, 9.17) is 9.47 Å². The van der Waals surface area contributed by atoms with Crippen LogP contribution in [0.1, 0.15) is 42.7 Å². The molecule has 5 rings (SSSR count). The Bertz CT molecular complexity index is 1070. The van der Waals surface area contributed by atoms with Gasteiger partial charge in [-0.05, 0) is 35.1 Å². The molecule has 2 unspecified atom stereocenters. The number of carbonyl (C=O) groups is 3. The van der Waals surface area contributed by atoms with Crippen molar-refractivity contribution in [3.63, 3.8) is 0 Å². The Morgan fingerprint density at radius 3 is 2.20 bits per heavy atom. The molecular formula is C27H30N2O6. The minimum Gasteiger partial charge on any atom is -0.481 e. The Kier molecular flexibility index (Phi) is 6.72. The van der Waals surface area contributed by atoms with E-state index in [9.17, 15) is 19.5 Å². The van der Waals surface area contributed by atoms with Crippen LogP contribution in [0.25, 0.3) is 11.1 Å². The minimum atomic E-state index is -0.982. The molecule has 1 aliphatic heterocycles. The topological polar surface area (TPSA) is 114 Å². The van der Waals surface area contributed by atoms with Crippen molar-refractivity contribution < 1.29 is 29.0 Å². The summed E-state index contributed by atoms with van der Waals surface area (Å²) in [5.41, 5.74) is 4.61. The van der Waals surface area contributed by atoms with Crippen molar-refractivity contribution in [3.8, 4) is 11.1 Å². The third kappa shape index (κ3) is 4.75. The molecular weight excluding hydrogens is 448 g/mol. The van der Waals surface area contributed by atoms with E-state index in [1.165, 1.54) is 0 Å². The average molecular weight is 479 g/mol. The van der Waals surface area contributed by atoms with Crippen LogP contribution in [0, 0.1) is 11.8 Å². The standard InChI is InChI=1S/C27H30N2O6/c30-25(28-24-15-34-13-22(24)26(31)32)20-11-5-6-12-23(20)29-27(33)35-14-21-18-9-3-1-7-16(18)17-8-2-4-10-19(17)21/h1-4,7-10,20-24H,5-6,11-15H2,(H,28,30)(H,29,33)(H,31,32)/t20-,22?,23+,24?/m1/s1. The lowest BCUT2D eigenvalue weighted by Gasteiger charge is -2.32. The number of rotatable bonds is 6. The van der Waals surface area contributed by atoms with Gasteiger partial charge in [0.25, 0.3) is 0 Å². The largest absolute Gasteiger partial charge is 0.481 e.